The van der Waals surface area contributed by atoms with Crippen LogP contribution in [-0.2, 0) is 0 Å². The molecule has 1 atom stereocenters. The summed E-state index contributed by atoms with van der Waals surface area (Å²) in [7, 11) is 0. The highest BCUT2D eigenvalue weighted by atomic mass is 16.6. The molecular weight excluding hydrogens is 218 g/mol. The van der Waals surface area contributed by atoms with Gasteiger partial charge < -0.3 is 5.73 Å². The van der Waals surface area contributed by atoms with Crippen LogP contribution in [0, 0.1) is 21.4 Å². The van der Waals surface area contributed by atoms with E-state index in [1.54, 1.807) is 18.2 Å². The van der Waals surface area contributed by atoms with Crippen LogP contribution in [0.2, 0.25) is 0 Å². The fourth-order valence-corrected chi connectivity index (χ4v) is 1.83. The maximum Gasteiger partial charge on any atom is 0.275 e. The highest BCUT2D eigenvalue weighted by Crippen LogP contribution is 2.31. The van der Waals surface area contributed by atoms with Gasteiger partial charge in [0.15, 0.2) is 0 Å². The summed E-state index contributed by atoms with van der Waals surface area (Å²) in [5, 5.41) is 21.3. The smallest absolute Gasteiger partial charge is 0.275 e. The zero-order valence-corrected chi connectivity index (χ0v) is 8.83. The minimum Gasteiger partial charge on any atom is -0.312 e. The molecule has 0 aliphatic carbocycles. The second-order valence-electron chi connectivity index (χ2n) is 3.58. The number of nitriles is 1. The Morgan fingerprint density at radius 3 is 2.65 bits per heavy atom. The minimum atomic E-state index is -0.999. The molecule has 0 fully saturated rings. The third kappa shape index (κ3) is 1.82. The average Bonchev–Trinajstić information content (AvgIpc) is 2.36. The Hall–Kier alpha value is -2.45. The molecule has 84 valence electrons. The molecule has 2 aromatic carbocycles. The molecule has 2 rings (SSSR count). The van der Waals surface area contributed by atoms with E-state index >= 15 is 0 Å². The molecule has 2 aromatic rings. The first-order valence-corrected chi connectivity index (χ1v) is 4.96. The lowest BCUT2D eigenvalue weighted by atomic mass is 9.98. The van der Waals surface area contributed by atoms with Gasteiger partial charge in [0, 0.05) is 6.07 Å². The Morgan fingerprint density at radius 1 is 1.29 bits per heavy atom. The van der Waals surface area contributed by atoms with E-state index in [-0.39, 0.29) is 11.3 Å². The van der Waals surface area contributed by atoms with E-state index in [2.05, 4.69) is 0 Å². The van der Waals surface area contributed by atoms with E-state index in [0.717, 1.165) is 5.39 Å². The number of hydrogen-bond acceptors (Lipinski definition) is 4. The van der Waals surface area contributed by atoms with Crippen LogP contribution in [-0.4, -0.2) is 4.92 Å². The lowest BCUT2D eigenvalue weighted by Gasteiger charge is -2.08. The number of nitro groups is 1. The largest absolute Gasteiger partial charge is 0.312 e. The van der Waals surface area contributed by atoms with Crippen molar-refractivity contribution in [1.29, 1.82) is 5.26 Å². The Bertz CT molecular complexity index is 631. The van der Waals surface area contributed by atoms with Gasteiger partial charge in [0.1, 0.15) is 6.04 Å². The standard InChI is InChI=1S/C12H9N3O2/c13-7-10(14)12-9-4-2-1-3-8(9)5-6-11(12)15(16)17/h1-6,10H,14H2. The second kappa shape index (κ2) is 4.20. The summed E-state index contributed by atoms with van der Waals surface area (Å²) in [5.41, 5.74) is 5.79. The highest BCUT2D eigenvalue weighted by molar-refractivity contribution is 5.89. The summed E-state index contributed by atoms with van der Waals surface area (Å²) in [5.74, 6) is 0. The predicted molar refractivity (Wildman–Crippen MR) is 63.1 cm³/mol. The van der Waals surface area contributed by atoms with Gasteiger partial charge in [0.25, 0.3) is 5.69 Å². The maximum absolute atomic E-state index is 10.9. The predicted octanol–water partition coefficient (Wildman–Crippen LogP) is 2.27. The van der Waals surface area contributed by atoms with Gasteiger partial charge in [-0.05, 0) is 16.8 Å². The molecule has 0 aliphatic rings. The number of nitrogens with zero attached hydrogens (tertiary/aromatic N) is 2. The summed E-state index contributed by atoms with van der Waals surface area (Å²) >= 11 is 0. The molecule has 5 heteroatoms. The number of rotatable bonds is 2. The SMILES string of the molecule is N#CC(N)c1c([N+](=O)[O-])ccc2ccccc12. The van der Waals surface area contributed by atoms with Crippen LogP contribution in [0.3, 0.4) is 0 Å². The summed E-state index contributed by atoms with van der Waals surface area (Å²) in [6, 6.07) is 11.0. The van der Waals surface area contributed by atoms with Crippen LogP contribution in [0.1, 0.15) is 11.6 Å². The first-order chi connectivity index (χ1) is 8.15. The molecule has 0 radical (unpaired) electrons. The minimum absolute atomic E-state index is 0.113. The van der Waals surface area contributed by atoms with E-state index in [9.17, 15) is 10.1 Å². The lowest BCUT2D eigenvalue weighted by molar-refractivity contribution is -0.385. The van der Waals surface area contributed by atoms with Crippen molar-refractivity contribution in [1.82, 2.24) is 0 Å². The summed E-state index contributed by atoms with van der Waals surface area (Å²) < 4.78 is 0. The molecule has 1 unspecified atom stereocenters. The van der Waals surface area contributed by atoms with Crippen molar-refractivity contribution in [3.05, 3.63) is 52.1 Å². The van der Waals surface area contributed by atoms with Crippen LogP contribution in [0.5, 0.6) is 0 Å². The lowest BCUT2D eigenvalue weighted by Crippen LogP contribution is -2.10. The average molecular weight is 227 g/mol. The van der Waals surface area contributed by atoms with Gasteiger partial charge in [-0.3, -0.25) is 10.1 Å². The van der Waals surface area contributed by atoms with Gasteiger partial charge in [0.05, 0.1) is 16.6 Å². The molecule has 0 saturated carbocycles. The Balaban J connectivity index is 2.85. The maximum atomic E-state index is 10.9. The number of hydrogen-bond donors (Lipinski definition) is 1. The van der Waals surface area contributed by atoms with E-state index < -0.39 is 11.0 Å². The third-order valence-corrected chi connectivity index (χ3v) is 2.59. The van der Waals surface area contributed by atoms with Gasteiger partial charge >= 0.3 is 0 Å². The van der Waals surface area contributed by atoms with Crippen molar-refractivity contribution < 1.29 is 4.92 Å². The van der Waals surface area contributed by atoms with Crippen molar-refractivity contribution in [2.24, 2.45) is 5.73 Å². The fraction of sp³-hybridized carbons (Fsp3) is 0.0833. The number of benzene rings is 2. The number of nitro benzene ring substituents is 1. The molecule has 17 heavy (non-hydrogen) atoms. The first-order valence-electron chi connectivity index (χ1n) is 4.96. The summed E-state index contributed by atoms with van der Waals surface area (Å²) in [6.45, 7) is 0. The molecule has 0 saturated heterocycles. The molecular formula is C12H9N3O2. The van der Waals surface area contributed by atoms with Crippen molar-refractivity contribution in [2.45, 2.75) is 6.04 Å². The van der Waals surface area contributed by atoms with Crippen LogP contribution in [0.25, 0.3) is 10.8 Å². The zero-order chi connectivity index (χ0) is 12.4. The van der Waals surface area contributed by atoms with Crippen molar-refractivity contribution in [3.8, 4) is 6.07 Å². The molecule has 0 aromatic heterocycles. The monoisotopic (exact) mass is 227 g/mol. The topological polar surface area (TPSA) is 93.0 Å². The quantitative estimate of drug-likeness (QED) is 0.629. The van der Waals surface area contributed by atoms with Gasteiger partial charge in [-0.25, -0.2) is 0 Å². The molecule has 2 N–H and O–H groups in total. The number of nitrogens with two attached hydrogens (primary N) is 1. The van der Waals surface area contributed by atoms with Crippen molar-refractivity contribution in [2.75, 3.05) is 0 Å². The fourth-order valence-electron chi connectivity index (χ4n) is 1.83. The molecule has 5 nitrogen and oxygen atoms in total. The Kier molecular flexibility index (Phi) is 2.73. The molecule has 0 heterocycles. The zero-order valence-electron chi connectivity index (χ0n) is 8.83. The second-order valence-corrected chi connectivity index (χ2v) is 3.58. The van der Waals surface area contributed by atoms with Gasteiger partial charge in [-0.15, -0.1) is 0 Å². The Morgan fingerprint density at radius 2 is 2.00 bits per heavy atom. The van der Waals surface area contributed by atoms with Gasteiger partial charge in [-0.1, -0.05) is 24.3 Å². The van der Waals surface area contributed by atoms with Gasteiger partial charge in [0.2, 0.25) is 0 Å². The van der Waals surface area contributed by atoms with E-state index in [1.165, 1.54) is 6.07 Å². The van der Waals surface area contributed by atoms with Crippen LogP contribution in [0.15, 0.2) is 36.4 Å². The molecule has 0 aliphatic heterocycles. The Labute approximate surface area is 97.2 Å². The summed E-state index contributed by atoms with van der Waals surface area (Å²) in [6.07, 6.45) is 0. The summed E-state index contributed by atoms with van der Waals surface area (Å²) in [4.78, 5) is 10.4. The van der Waals surface area contributed by atoms with Crippen molar-refractivity contribution >= 4 is 16.5 Å². The van der Waals surface area contributed by atoms with E-state index in [1.807, 2.05) is 18.2 Å². The highest BCUT2D eigenvalue weighted by Gasteiger charge is 2.21. The normalized spacial score (nSPS) is 12.0. The molecule has 0 bridgehead atoms. The van der Waals surface area contributed by atoms with E-state index in [4.69, 9.17) is 11.0 Å². The van der Waals surface area contributed by atoms with Crippen LogP contribution in [0.4, 0.5) is 5.69 Å². The van der Waals surface area contributed by atoms with Gasteiger partial charge in [-0.2, -0.15) is 5.26 Å². The third-order valence-electron chi connectivity index (χ3n) is 2.59. The van der Waals surface area contributed by atoms with Crippen LogP contribution >= 0.6 is 0 Å². The van der Waals surface area contributed by atoms with E-state index in [0.29, 0.717) is 5.39 Å². The first kappa shape index (κ1) is 11.0. The molecule has 0 amide bonds. The van der Waals surface area contributed by atoms with Crippen molar-refractivity contribution in [3.63, 3.8) is 0 Å². The number of fused-ring (bicyclic) bond motifs is 1. The molecule has 0 spiro atoms. The van der Waals surface area contributed by atoms with Crippen LogP contribution < -0.4 is 5.73 Å².